The van der Waals surface area contributed by atoms with Crippen molar-refractivity contribution >= 4 is 5.91 Å². The number of nitrogens with two attached hydrogens (primary N) is 1. The molecule has 1 aliphatic carbocycles. The molecule has 3 unspecified atom stereocenters. The van der Waals surface area contributed by atoms with Crippen LogP contribution in [0.5, 0.6) is 0 Å². The van der Waals surface area contributed by atoms with Gasteiger partial charge < -0.3 is 11.1 Å². The lowest BCUT2D eigenvalue weighted by Gasteiger charge is -2.43. The predicted molar refractivity (Wildman–Crippen MR) is 72.3 cm³/mol. The molecule has 1 saturated carbocycles. The molecule has 2 rings (SSSR count). The van der Waals surface area contributed by atoms with Gasteiger partial charge in [-0.15, -0.1) is 0 Å². The minimum Gasteiger partial charge on any atom is -0.368 e. The Morgan fingerprint density at radius 2 is 1.89 bits per heavy atom. The molecule has 3 atom stereocenters. The van der Waals surface area contributed by atoms with E-state index in [0.717, 1.165) is 19.6 Å². The number of nitrogens with zero attached hydrogens (tertiary/aromatic N) is 2. The van der Waals surface area contributed by atoms with Crippen molar-refractivity contribution in [2.75, 3.05) is 26.7 Å². The van der Waals surface area contributed by atoms with Crippen LogP contribution in [0.3, 0.4) is 0 Å². The Labute approximate surface area is 110 Å². The fourth-order valence-electron chi connectivity index (χ4n) is 2.68. The van der Waals surface area contributed by atoms with Gasteiger partial charge in [-0.05, 0) is 33.7 Å². The van der Waals surface area contributed by atoms with Crippen molar-refractivity contribution in [3.05, 3.63) is 0 Å². The topological polar surface area (TPSA) is 61.6 Å². The second kappa shape index (κ2) is 5.55. The van der Waals surface area contributed by atoms with Crippen LogP contribution in [-0.4, -0.2) is 66.6 Å². The molecule has 18 heavy (non-hydrogen) atoms. The van der Waals surface area contributed by atoms with Crippen LogP contribution in [0.2, 0.25) is 0 Å². The number of nitrogens with one attached hydrogen (secondary N) is 1. The van der Waals surface area contributed by atoms with Crippen LogP contribution >= 0.6 is 0 Å². The number of hydrogen-bond acceptors (Lipinski definition) is 4. The van der Waals surface area contributed by atoms with Gasteiger partial charge in [-0.25, -0.2) is 0 Å². The lowest BCUT2D eigenvalue weighted by Crippen LogP contribution is -2.59. The summed E-state index contributed by atoms with van der Waals surface area (Å²) in [5.41, 5.74) is 5.49. The largest absolute Gasteiger partial charge is 0.368 e. The molecule has 5 heteroatoms. The van der Waals surface area contributed by atoms with E-state index in [1.54, 1.807) is 0 Å². The van der Waals surface area contributed by atoms with Crippen molar-refractivity contribution in [2.45, 2.75) is 50.9 Å². The number of primary amides is 1. The Kier molecular flexibility index (Phi) is 4.25. The van der Waals surface area contributed by atoms with E-state index in [9.17, 15) is 4.79 Å². The smallest absolute Gasteiger partial charge is 0.235 e. The highest BCUT2D eigenvalue weighted by Crippen LogP contribution is 2.20. The van der Waals surface area contributed by atoms with Crippen molar-refractivity contribution in [2.24, 2.45) is 5.73 Å². The molecule has 0 aromatic rings. The van der Waals surface area contributed by atoms with Gasteiger partial charge in [0.25, 0.3) is 0 Å². The van der Waals surface area contributed by atoms with Gasteiger partial charge in [0.15, 0.2) is 0 Å². The van der Waals surface area contributed by atoms with Crippen LogP contribution in [0, 0.1) is 0 Å². The van der Waals surface area contributed by atoms with E-state index < -0.39 is 0 Å². The number of carbonyl (C=O) groups excluding carboxylic acids is 1. The Morgan fingerprint density at radius 3 is 2.33 bits per heavy atom. The summed E-state index contributed by atoms with van der Waals surface area (Å²) in [6, 6.07) is 1.39. The monoisotopic (exact) mass is 254 g/mol. The zero-order chi connectivity index (χ0) is 13.3. The first-order valence-electron chi connectivity index (χ1n) is 6.97. The normalized spacial score (nSPS) is 32.4. The van der Waals surface area contributed by atoms with E-state index in [1.165, 1.54) is 12.8 Å². The number of hydrogen-bond donors (Lipinski definition) is 2. The highest BCUT2D eigenvalue weighted by atomic mass is 16.1. The van der Waals surface area contributed by atoms with Crippen molar-refractivity contribution in [3.63, 3.8) is 0 Å². The third-order valence-corrected chi connectivity index (χ3v) is 4.23. The lowest BCUT2D eigenvalue weighted by molar-refractivity contribution is -0.120. The van der Waals surface area contributed by atoms with Crippen LogP contribution in [-0.2, 0) is 4.79 Å². The molecule has 0 radical (unpaired) electrons. The van der Waals surface area contributed by atoms with Crippen molar-refractivity contribution in [1.29, 1.82) is 0 Å². The summed E-state index contributed by atoms with van der Waals surface area (Å²) < 4.78 is 0. The average Bonchev–Trinajstić information content (AvgIpc) is 3.08. The van der Waals surface area contributed by atoms with E-state index in [4.69, 9.17) is 5.73 Å². The van der Waals surface area contributed by atoms with Crippen LogP contribution in [0.15, 0.2) is 0 Å². The number of likely N-dealkylation sites (N-methyl/N-ethyl adjacent to an activating group) is 1. The zero-order valence-electron chi connectivity index (χ0n) is 11.7. The third kappa shape index (κ3) is 3.43. The zero-order valence-corrected chi connectivity index (χ0v) is 11.7. The van der Waals surface area contributed by atoms with E-state index in [1.807, 2.05) is 0 Å². The number of carbonyl (C=O) groups is 1. The summed E-state index contributed by atoms with van der Waals surface area (Å²) in [5, 5.41) is 3.35. The standard InChI is InChI=1S/C13H26N4O/c1-9-6-17(7-10(2)16(9)3)8-12(13(14)18)15-11-4-5-11/h9-12,15H,4-8H2,1-3H3,(H2,14,18). The minimum atomic E-state index is -0.221. The maximum Gasteiger partial charge on any atom is 0.235 e. The third-order valence-electron chi connectivity index (χ3n) is 4.23. The molecule has 1 amide bonds. The molecule has 1 aliphatic heterocycles. The highest BCUT2D eigenvalue weighted by Gasteiger charge is 2.32. The Bertz CT molecular complexity index is 293. The van der Waals surface area contributed by atoms with Crippen LogP contribution < -0.4 is 11.1 Å². The van der Waals surface area contributed by atoms with Gasteiger partial charge in [0, 0.05) is 37.8 Å². The molecule has 0 aromatic carbocycles. The van der Waals surface area contributed by atoms with Gasteiger partial charge in [0.2, 0.25) is 5.91 Å². The summed E-state index contributed by atoms with van der Waals surface area (Å²) in [5.74, 6) is -0.221. The molecule has 3 N–H and O–H groups in total. The fraction of sp³-hybridized carbons (Fsp3) is 0.923. The van der Waals surface area contributed by atoms with E-state index in [0.29, 0.717) is 18.1 Å². The van der Waals surface area contributed by atoms with E-state index >= 15 is 0 Å². The molecule has 0 bridgehead atoms. The molecule has 0 spiro atoms. The molecule has 104 valence electrons. The summed E-state index contributed by atoms with van der Waals surface area (Å²) in [4.78, 5) is 16.2. The average molecular weight is 254 g/mol. The molecular weight excluding hydrogens is 228 g/mol. The van der Waals surface area contributed by atoms with Gasteiger partial charge >= 0.3 is 0 Å². The van der Waals surface area contributed by atoms with Crippen molar-refractivity contribution in [3.8, 4) is 0 Å². The number of rotatable bonds is 5. The molecular formula is C13H26N4O. The van der Waals surface area contributed by atoms with Crippen LogP contribution in [0.25, 0.3) is 0 Å². The van der Waals surface area contributed by atoms with Gasteiger partial charge in [0.1, 0.15) is 0 Å². The summed E-state index contributed by atoms with van der Waals surface area (Å²) in [7, 11) is 2.17. The Balaban J connectivity index is 1.88. The Hall–Kier alpha value is -0.650. The fourth-order valence-corrected chi connectivity index (χ4v) is 2.68. The van der Waals surface area contributed by atoms with Gasteiger partial charge in [0.05, 0.1) is 6.04 Å². The first-order chi connectivity index (χ1) is 8.47. The van der Waals surface area contributed by atoms with E-state index in [2.05, 4.69) is 36.0 Å². The first kappa shape index (κ1) is 13.8. The van der Waals surface area contributed by atoms with Crippen LogP contribution in [0.1, 0.15) is 26.7 Å². The van der Waals surface area contributed by atoms with Gasteiger partial charge in [-0.3, -0.25) is 14.6 Å². The van der Waals surface area contributed by atoms with E-state index in [-0.39, 0.29) is 11.9 Å². The van der Waals surface area contributed by atoms with Crippen molar-refractivity contribution < 1.29 is 4.79 Å². The second-order valence-electron chi connectivity index (χ2n) is 5.98. The SMILES string of the molecule is CC1CN(CC(NC2CC2)C(N)=O)CC(C)N1C. The second-order valence-corrected chi connectivity index (χ2v) is 5.98. The maximum atomic E-state index is 11.5. The predicted octanol–water partition coefficient (Wildman–Crippen LogP) is -0.383. The van der Waals surface area contributed by atoms with Gasteiger partial charge in [-0.1, -0.05) is 0 Å². The highest BCUT2D eigenvalue weighted by molar-refractivity contribution is 5.80. The summed E-state index contributed by atoms with van der Waals surface area (Å²) in [6.45, 7) is 7.23. The summed E-state index contributed by atoms with van der Waals surface area (Å²) in [6.07, 6.45) is 2.36. The number of amides is 1. The first-order valence-corrected chi connectivity index (χ1v) is 6.97. The number of piperazine rings is 1. The Morgan fingerprint density at radius 1 is 1.33 bits per heavy atom. The molecule has 1 saturated heterocycles. The molecule has 2 fully saturated rings. The summed E-state index contributed by atoms with van der Waals surface area (Å²) >= 11 is 0. The molecule has 5 nitrogen and oxygen atoms in total. The molecule has 2 aliphatic rings. The lowest BCUT2D eigenvalue weighted by atomic mass is 10.1. The quantitative estimate of drug-likeness (QED) is 0.702. The van der Waals surface area contributed by atoms with Crippen molar-refractivity contribution in [1.82, 2.24) is 15.1 Å². The molecule has 0 aromatic heterocycles. The maximum absolute atomic E-state index is 11.5. The van der Waals surface area contributed by atoms with Gasteiger partial charge in [-0.2, -0.15) is 0 Å². The van der Waals surface area contributed by atoms with Crippen LogP contribution in [0.4, 0.5) is 0 Å². The minimum absolute atomic E-state index is 0.194. The molecule has 1 heterocycles.